The summed E-state index contributed by atoms with van der Waals surface area (Å²) in [6, 6.07) is 17.6. The van der Waals surface area contributed by atoms with E-state index in [0.29, 0.717) is 24.4 Å². The number of alkyl halides is 1. The van der Waals surface area contributed by atoms with Crippen LogP contribution in [0.3, 0.4) is 0 Å². The van der Waals surface area contributed by atoms with E-state index in [-0.39, 0.29) is 12.2 Å². The van der Waals surface area contributed by atoms with Gasteiger partial charge in [0.15, 0.2) is 0 Å². The van der Waals surface area contributed by atoms with Gasteiger partial charge in [-0.2, -0.15) is 0 Å². The van der Waals surface area contributed by atoms with E-state index in [0.717, 1.165) is 37.8 Å². The highest BCUT2D eigenvalue weighted by atomic mass is 35.5. The zero-order valence-electron chi connectivity index (χ0n) is 19.4. The maximum Gasteiger partial charge on any atom is 0.410 e. The summed E-state index contributed by atoms with van der Waals surface area (Å²) in [5.74, 6) is 0.453. The van der Waals surface area contributed by atoms with Gasteiger partial charge in [0.1, 0.15) is 6.10 Å². The predicted octanol–water partition coefficient (Wildman–Crippen LogP) is 6.46. The van der Waals surface area contributed by atoms with Crippen molar-refractivity contribution in [2.24, 2.45) is 5.92 Å². The number of piperidine rings is 1. The van der Waals surface area contributed by atoms with Crippen molar-refractivity contribution in [3.63, 3.8) is 0 Å². The van der Waals surface area contributed by atoms with Gasteiger partial charge in [-0.05, 0) is 79.8 Å². The Bertz CT molecular complexity index is 916. The van der Waals surface area contributed by atoms with E-state index in [1.807, 2.05) is 4.90 Å². The predicted molar refractivity (Wildman–Crippen MR) is 133 cm³/mol. The van der Waals surface area contributed by atoms with Gasteiger partial charge >= 0.3 is 6.09 Å². The summed E-state index contributed by atoms with van der Waals surface area (Å²) in [7, 11) is 0. The molecule has 3 fully saturated rings. The van der Waals surface area contributed by atoms with Gasteiger partial charge in [0.2, 0.25) is 0 Å². The SMILES string of the molecule is O=C1O[C@H](C2CCC(Cl)CC2)CN1Cc1ccc(-c2ccc(CN3CCCCC3)cc2)cc1. The van der Waals surface area contributed by atoms with E-state index in [1.54, 1.807) is 0 Å². The fraction of sp³-hybridized carbons (Fsp3) is 0.536. The maximum absolute atomic E-state index is 12.4. The molecule has 0 unspecified atom stereocenters. The Labute approximate surface area is 202 Å². The number of hydrogen-bond donors (Lipinski definition) is 0. The molecule has 0 N–H and O–H groups in total. The van der Waals surface area contributed by atoms with Crippen LogP contribution in [-0.4, -0.2) is 47.0 Å². The molecule has 2 saturated heterocycles. The number of carbonyl (C=O) groups is 1. The van der Waals surface area contributed by atoms with Crippen LogP contribution in [-0.2, 0) is 17.8 Å². The number of carbonyl (C=O) groups excluding carboxylic acids is 1. The van der Waals surface area contributed by atoms with Gasteiger partial charge in [0.05, 0.1) is 6.54 Å². The Morgan fingerprint density at radius 2 is 1.36 bits per heavy atom. The fourth-order valence-electron chi connectivity index (χ4n) is 5.56. The van der Waals surface area contributed by atoms with E-state index >= 15 is 0 Å². The minimum atomic E-state index is -0.179. The maximum atomic E-state index is 12.4. The van der Waals surface area contributed by atoms with Crippen LogP contribution in [0.1, 0.15) is 56.1 Å². The average molecular weight is 467 g/mol. The van der Waals surface area contributed by atoms with Crippen LogP contribution in [0.15, 0.2) is 48.5 Å². The molecular weight excluding hydrogens is 432 g/mol. The lowest BCUT2D eigenvalue weighted by Crippen LogP contribution is -2.30. The van der Waals surface area contributed by atoms with Gasteiger partial charge in [-0.1, -0.05) is 55.0 Å². The molecule has 2 aliphatic heterocycles. The molecule has 2 aromatic rings. The van der Waals surface area contributed by atoms with Crippen molar-refractivity contribution >= 4 is 17.7 Å². The van der Waals surface area contributed by atoms with Gasteiger partial charge in [-0.3, -0.25) is 4.90 Å². The molecule has 2 aromatic carbocycles. The first kappa shape index (κ1) is 22.7. The highest BCUT2D eigenvalue weighted by Gasteiger charge is 2.37. The zero-order chi connectivity index (χ0) is 22.6. The fourth-order valence-corrected chi connectivity index (χ4v) is 5.81. The highest BCUT2D eigenvalue weighted by molar-refractivity contribution is 6.20. The van der Waals surface area contributed by atoms with Gasteiger partial charge in [0.25, 0.3) is 0 Å². The quantitative estimate of drug-likeness (QED) is 0.458. The number of halogens is 1. The third kappa shape index (κ3) is 5.73. The van der Waals surface area contributed by atoms with Crippen molar-refractivity contribution in [1.82, 2.24) is 9.80 Å². The van der Waals surface area contributed by atoms with Crippen molar-refractivity contribution in [2.45, 2.75) is 69.5 Å². The number of benzene rings is 2. The van der Waals surface area contributed by atoms with Gasteiger partial charge in [-0.25, -0.2) is 4.79 Å². The zero-order valence-corrected chi connectivity index (χ0v) is 20.2. The van der Waals surface area contributed by atoms with Crippen LogP contribution in [0.25, 0.3) is 11.1 Å². The summed E-state index contributed by atoms with van der Waals surface area (Å²) in [4.78, 5) is 16.8. The topological polar surface area (TPSA) is 32.8 Å². The number of rotatable bonds is 6. The molecule has 33 heavy (non-hydrogen) atoms. The monoisotopic (exact) mass is 466 g/mol. The third-order valence-electron chi connectivity index (χ3n) is 7.61. The van der Waals surface area contributed by atoms with Crippen LogP contribution in [0.5, 0.6) is 0 Å². The summed E-state index contributed by atoms with van der Waals surface area (Å²) in [6.07, 6.45) is 8.05. The molecule has 0 aromatic heterocycles. The molecule has 4 nitrogen and oxygen atoms in total. The second kappa shape index (κ2) is 10.5. The second-order valence-electron chi connectivity index (χ2n) is 10.0. The van der Waals surface area contributed by atoms with Gasteiger partial charge < -0.3 is 9.64 Å². The number of ether oxygens (including phenoxy) is 1. The molecule has 0 spiro atoms. The Balaban J connectivity index is 1.15. The first-order chi connectivity index (χ1) is 16.1. The molecule has 0 bridgehead atoms. The summed E-state index contributed by atoms with van der Waals surface area (Å²) in [5, 5.41) is 0.291. The lowest BCUT2D eigenvalue weighted by molar-refractivity contribution is 0.0883. The lowest BCUT2D eigenvalue weighted by atomic mass is 9.85. The smallest absolute Gasteiger partial charge is 0.410 e. The minimum Gasteiger partial charge on any atom is -0.444 e. The summed E-state index contributed by atoms with van der Waals surface area (Å²) in [5.41, 5.74) is 4.98. The molecule has 2 heterocycles. The van der Waals surface area contributed by atoms with Crippen LogP contribution >= 0.6 is 11.6 Å². The van der Waals surface area contributed by atoms with Crippen LogP contribution in [0.2, 0.25) is 0 Å². The first-order valence-corrected chi connectivity index (χ1v) is 13.1. The van der Waals surface area contributed by atoms with E-state index in [4.69, 9.17) is 16.3 Å². The molecule has 1 aliphatic carbocycles. The van der Waals surface area contributed by atoms with Crippen molar-refractivity contribution in [2.75, 3.05) is 19.6 Å². The number of nitrogens with zero attached hydrogens (tertiary/aromatic N) is 2. The van der Waals surface area contributed by atoms with Crippen LogP contribution in [0, 0.1) is 5.92 Å². The molecule has 1 saturated carbocycles. The molecule has 1 amide bonds. The molecule has 1 atom stereocenters. The van der Waals surface area contributed by atoms with E-state index in [9.17, 15) is 4.79 Å². The van der Waals surface area contributed by atoms with E-state index in [1.165, 1.54) is 49.0 Å². The molecule has 5 heteroatoms. The first-order valence-electron chi connectivity index (χ1n) is 12.6. The summed E-state index contributed by atoms with van der Waals surface area (Å²) >= 11 is 6.24. The Hall–Kier alpha value is -2.04. The molecular formula is C28H35ClN2O2. The second-order valence-corrected chi connectivity index (χ2v) is 10.7. The summed E-state index contributed by atoms with van der Waals surface area (Å²) in [6.45, 7) is 4.80. The normalized spacial score (nSPS) is 26.4. The Kier molecular flexibility index (Phi) is 7.22. The molecule has 5 rings (SSSR count). The van der Waals surface area contributed by atoms with Crippen molar-refractivity contribution in [3.8, 4) is 11.1 Å². The molecule has 3 aliphatic rings. The molecule has 176 valence electrons. The Morgan fingerprint density at radius 1 is 0.788 bits per heavy atom. The Morgan fingerprint density at radius 3 is 1.97 bits per heavy atom. The number of likely N-dealkylation sites (tertiary alicyclic amines) is 1. The highest BCUT2D eigenvalue weighted by Crippen LogP contribution is 2.34. The average Bonchev–Trinajstić information content (AvgIpc) is 3.21. The third-order valence-corrected chi connectivity index (χ3v) is 8.04. The van der Waals surface area contributed by atoms with Crippen LogP contribution < -0.4 is 0 Å². The van der Waals surface area contributed by atoms with Gasteiger partial charge in [-0.15, -0.1) is 11.6 Å². The van der Waals surface area contributed by atoms with E-state index < -0.39 is 0 Å². The number of amides is 1. The van der Waals surface area contributed by atoms with Crippen molar-refractivity contribution in [3.05, 3.63) is 59.7 Å². The largest absolute Gasteiger partial charge is 0.444 e. The van der Waals surface area contributed by atoms with E-state index in [2.05, 4.69) is 53.4 Å². The number of hydrogen-bond acceptors (Lipinski definition) is 3. The van der Waals surface area contributed by atoms with Crippen molar-refractivity contribution < 1.29 is 9.53 Å². The molecule has 0 radical (unpaired) electrons. The van der Waals surface area contributed by atoms with Crippen molar-refractivity contribution in [1.29, 1.82) is 0 Å². The minimum absolute atomic E-state index is 0.0180. The summed E-state index contributed by atoms with van der Waals surface area (Å²) < 4.78 is 5.72. The van der Waals surface area contributed by atoms with Gasteiger partial charge in [0, 0.05) is 18.5 Å². The lowest BCUT2D eigenvalue weighted by Gasteiger charge is -2.28. The number of cyclic esters (lactones) is 1. The standard InChI is InChI=1S/C28H35ClN2O2/c29-26-14-12-25(13-15-26)27-20-31(28(32)33-27)19-22-6-10-24(11-7-22)23-8-4-21(5-9-23)18-30-16-2-1-3-17-30/h4-11,25-27H,1-3,12-20H2/t25?,26?,27-/m0/s1. The van der Waals surface area contributed by atoms with Crippen LogP contribution in [0.4, 0.5) is 4.79 Å².